The third kappa shape index (κ3) is 11.3. The molecule has 0 unspecified atom stereocenters. The molecule has 0 atom stereocenters. The van der Waals surface area contributed by atoms with Crippen molar-refractivity contribution in [3.05, 3.63) is 0 Å². The van der Waals surface area contributed by atoms with Gasteiger partial charge < -0.3 is 0 Å². The molecule has 0 bridgehead atoms. The summed E-state index contributed by atoms with van der Waals surface area (Å²) in [5.74, 6) is 2.77. The molecule has 0 N–H and O–H groups in total. The fourth-order valence-corrected chi connectivity index (χ4v) is 12.4. The second kappa shape index (κ2) is 9.79. The van der Waals surface area contributed by atoms with E-state index < -0.39 is 19.8 Å². The van der Waals surface area contributed by atoms with Gasteiger partial charge in [0.05, 0.1) is 0 Å². The van der Waals surface area contributed by atoms with E-state index in [1.807, 2.05) is 0 Å². The van der Waals surface area contributed by atoms with Gasteiger partial charge in [0.15, 0.2) is 0 Å². The van der Waals surface area contributed by atoms with Crippen molar-refractivity contribution < 1.29 is 0 Å². The van der Waals surface area contributed by atoms with Gasteiger partial charge in [0.25, 0.3) is 0 Å². The zero-order valence-electron chi connectivity index (χ0n) is 12.5. The second-order valence-electron chi connectivity index (χ2n) is 6.55. The van der Waals surface area contributed by atoms with Gasteiger partial charge in [0, 0.05) is 0 Å². The van der Waals surface area contributed by atoms with E-state index in [1.54, 1.807) is 13.3 Å². The van der Waals surface area contributed by atoms with Crippen molar-refractivity contribution in [2.45, 2.75) is 74.1 Å². The molecular formula is C15H33Sn+. The first-order valence-electron chi connectivity index (χ1n) is 7.25. The van der Waals surface area contributed by atoms with Crippen LogP contribution in [0.2, 0.25) is 13.3 Å². The van der Waals surface area contributed by atoms with Crippen molar-refractivity contribution in [1.82, 2.24) is 0 Å². The van der Waals surface area contributed by atoms with Gasteiger partial charge >= 0.3 is 112 Å². The molecule has 0 spiro atoms. The van der Waals surface area contributed by atoms with Crippen molar-refractivity contribution in [3.8, 4) is 0 Å². The first-order chi connectivity index (χ1) is 7.41. The summed E-state index contributed by atoms with van der Waals surface area (Å²) in [5.41, 5.74) is 0. The maximum absolute atomic E-state index is 2.38. The fourth-order valence-electron chi connectivity index (χ4n) is 1.85. The number of hydrogen-bond acceptors (Lipinski definition) is 0. The summed E-state index contributed by atoms with van der Waals surface area (Å²) in [6.07, 6.45) is 4.51. The Kier molecular flexibility index (Phi) is 10.3. The Balaban J connectivity index is 3.85. The standard InChI is InChI=1S/3C5H11.Sn/c3*1-4-5(2)3;/h3*5H,1,4H2,2-3H3;/q;;;+1. The Bertz CT molecular complexity index is 121. The molecule has 0 saturated carbocycles. The Morgan fingerprint density at radius 2 is 0.812 bits per heavy atom. The van der Waals surface area contributed by atoms with Crippen molar-refractivity contribution >= 4 is 19.8 Å². The van der Waals surface area contributed by atoms with Gasteiger partial charge in [0.2, 0.25) is 0 Å². The normalized spacial score (nSPS) is 11.8. The fraction of sp³-hybridized carbons (Fsp3) is 1.00. The van der Waals surface area contributed by atoms with Crippen LogP contribution in [-0.2, 0) is 0 Å². The molecule has 0 aromatic carbocycles. The summed E-state index contributed by atoms with van der Waals surface area (Å²) in [5, 5.41) is 0. The van der Waals surface area contributed by atoms with Crippen LogP contribution < -0.4 is 0 Å². The van der Waals surface area contributed by atoms with E-state index in [9.17, 15) is 0 Å². The minimum absolute atomic E-state index is 0.925. The quantitative estimate of drug-likeness (QED) is 0.481. The van der Waals surface area contributed by atoms with Crippen LogP contribution in [0.4, 0.5) is 0 Å². The summed E-state index contributed by atoms with van der Waals surface area (Å²) in [6, 6.07) is 0. The van der Waals surface area contributed by atoms with Crippen molar-refractivity contribution in [3.63, 3.8) is 0 Å². The van der Waals surface area contributed by atoms with Gasteiger partial charge in [-0.3, -0.25) is 0 Å². The SMILES string of the molecule is CC(C)C[CH2][Sn+]([CH2]CC(C)C)[CH2]CC(C)C. The molecule has 96 valence electrons. The van der Waals surface area contributed by atoms with Gasteiger partial charge in [0.1, 0.15) is 0 Å². The molecule has 0 aliphatic carbocycles. The number of rotatable bonds is 9. The van der Waals surface area contributed by atoms with Crippen molar-refractivity contribution in [2.24, 2.45) is 17.8 Å². The third-order valence-corrected chi connectivity index (χ3v) is 11.8. The van der Waals surface area contributed by atoms with Gasteiger partial charge in [-0.25, -0.2) is 0 Å². The molecule has 1 heteroatoms. The van der Waals surface area contributed by atoms with E-state index in [1.165, 1.54) is 19.3 Å². The van der Waals surface area contributed by atoms with Crippen LogP contribution in [0.25, 0.3) is 0 Å². The van der Waals surface area contributed by atoms with Gasteiger partial charge in [-0.2, -0.15) is 0 Å². The van der Waals surface area contributed by atoms with Gasteiger partial charge in [-0.1, -0.05) is 0 Å². The van der Waals surface area contributed by atoms with Crippen LogP contribution in [0.1, 0.15) is 60.8 Å². The molecule has 0 radical (unpaired) electrons. The zero-order valence-corrected chi connectivity index (χ0v) is 15.3. The molecule has 0 amide bonds. The van der Waals surface area contributed by atoms with E-state index >= 15 is 0 Å². The molecule has 0 aromatic heterocycles. The van der Waals surface area contributed by atoms with E-state index in [0.717, 1.165) is 17.8 Å². The molecule has 0 aromatic rings. The summed E-state index contributed by atoms with van der Waals surface area (Å²) in [6.45, 7) is 14.3. The molecule has 0 heterocycles. The first-order valence-corrected chi connectivity index (χ1v) is 13.3. The Labute approximate surface area is 111 Å². The second-order valence-corrected chi connectivity index (χ2v) is 15.1. The van der Waals surface area contributed by atoms with Crippen LogP contribution in [-0.4, -0.2) is 19.8 Å². The van der Waals surface area contributed by atoms with Crippen LogP contribution in [0.15, 0.2) is 0 Å². The molecular weight excluding hydrogens is 299 g/mol. The Hall–Kier alpha value is 0.799. The Morgan fingerprint density at radius 1 is 0.562 bits per heavy atom. The van der Waals surface area contributed by atoms with E-state index in [4.69, 9.17) is 0 Å². The zero-order chi connectivity index (χ0) is 12.6. The monoisotopic (exact) mass is 333 g/mol. The average molecular weight is 332 g/mol. The Morgan fingerprint density at radius 3 is 1.00 bits per heavy atom. The van der Waals surface area contributed by atoms with E-state index in [0.29, 0.717) is 0 Å². The first kappa shape index (κ1) is 16.8. The summed E-state index contributed by atoms with van der Waals surface area (Å²) >= 11 is -0.982. The van der Waals surface area contributed by atoms with E-state index in [-0.39, 0.29) is 0 Å². The van der Waals surface area contributed by atoms with Crippen LogP contribution in [0.5, 0.6) is 0 Å². The van der Waals surface area contributed by atoms with Gasteiger partial charge in [-0.05, 0) is 0 Å². The minimum atomic E-state index is -0.982. The van der Waals surface area contributed by atoms with Crippen molar-refractivity contribution in [2.75, 3.05) is 0 Å². The van der Waals surface area contributed by atoms with Crippen LogP contribution in [0, 0.1) is 17.8 Å². The molecule has 0 aliphatic heterocycles. The topological polar surface area (TPSA) is 0 Å². The molecule has 0 saturated heterocycles. The average Bonchev–Trinajstić information content (AvgIpc) is 2.15. The molecule has 0 fully saturated rings. The summed E-state index contributed by atoms with van der Waals surface area (Å²) in [7, 11) is 0. The molecule has 16 heavy (non-hydrogen) atoms. The van der Waals surface area contributed by atoms with Crippen molar-refractivity contribution in [1.29, 1.82) is 0 Å². The van der Waals surface area contributed by atoms with Gasteiger partial charge in [-0.15, -0.1) is 0 Å². The predicted molar refractivity (Wildman–Crippen MR) is 78.5 cm³/mol. The van der Waals surface area contributed by atoms with Crippen LogP contribution in [0.3, 0.4) is 0 Å². The molecule has 0 nitrogen and oxygen atoms in total. The maximum atomic E-state index is 2.38. The molecule has 0 aliphatic rings. The number of hydrogen-bond donors (Lipinski definition) is 0. The summed E-state index contributed by atoms with van der Waals surface area (Å²) < 4.78 is 4.96. The summed E-state index contributed by atoms with van der Waals surface area (Å²) in [4.78, 5) is 0. The van der Waals surface area contributed by atoms with Crippen LogP contribution >= 0.6 is 0 Å². The molecule has 0 rings (SSSR count). The third-order valence-electron chi connectivity index (χ3n) is 3.23. The predicted octanol–water partition coefficient (Wildman–Crippen LogP) is 5.62. The van der Waals surface area contributed by atoms with E-state index in [2.05, 4.69) is 41.5 Å².